The van der Waals surface area contributed by atoms with Crippen LogP contribution in [0.4, 0.5) is 0 Å². The lowest BCUT2D eigenvalue weighted by atomic mass is 10.2. The molecule has 0 aliphatic heterocycles. The molecule has 0 aliphatic carbocycles. The van der Waals surface area contributed by atoms with E-state index in [0.29, 0.717) is 5.75 Å². The van der Waals surface area contributed by atoms with Gasteiger partial charge in [0.1, 0.15) is 6.04 Å². The van der Waals surface area contributed by atoms with Gasteiger partial charge in [0.05, 0.1) is 0 Å². The molecule has 6 heteroatoms. The summed E-state index contributed by atoms with van der Waals surface area (Å²) in [6.07, 6.45) is 0. The molecule has 2 N–H and O–H groups in total. The maximum absolute atomic E-state index is 11.2. The van der Waals surface area contributed by atoms with Crippen LogP contribution in [-0.4, -0.2) is 34.5 Å². The minimum atomic E-state index is -1.07. The minimum Gasteiger partial charge on any atom is -0.480 e. The zero-order valence-corrected chi connectivity index (χ0v) is 9.02. The Kier molecular flexibility index (Phi) is 5.98. The van der Waals surface area contributed by atoms with Crippen LogP contribution in [0.15, 0.2) is 0 Å². The molecule has 0 rings (SSSR count). The van der Waals surface area contributed by atoms with Gasteiger partial charge in [-0.1, -0.05) is 6.92 Å². The number of carbonyl (C=O) groups is 2. The number of carboxylic acid groups (broad SMARTS) is 1. The number of aliphatic carboxylic acids is 1. The van der Waals surface area contributed by atoms with E-state index in [9.17, 15) is 9.59 Å². The number of rotatable bonds is 5. The van der Waals surface area contributed by atoms with Gasteiger partial charge >= 0.3 is 5.97 Å². The normalized spacial score (nSPS) is 14.7. The van der Waals surface area contributed by atoms with Crippen LogP contribution < -0.4 is 5.32 Å². The Bertz CT molecular complexity index is 198. The van der Waals surface area contributed by atoms with E-state index < -0.39 is 12.0 Å². The fourth-order valence-corrected chi connectivity index (χ4v) is 0.996. The van der Waals surface area contributed by atoms with Crippen LogP contribution in [0, 0.1) is 5.92 Å². The summed E-state index contributed by atoms with van der Waals surface area (Å²) >= 11 is 7.74. The van der Waals surface area contributed by atoms with Gasteiger partial charge in [0, 0.05) is 17.4 Å². The van der Waals surface area contributed by atoms with Gasteiger partial charge in [-0.3, -0.25) is 4.79 Å². The zero-order chi connectivity index (χ0) is 10.4. The van der Waals surface area contributed by atoms with Gasteiger partial charge in [-0.25, -0.2) is 4.79 Å². The lowest BCUT2D eigenvalue weighted by Crippen LogP contribution is -2.44. The molecule has 0 aromatic carbocycles. The number of hydrogen-bond donors (Lipinski definition) is 4. The molecule has 2 atom stereocenters. The number of carbonyl (C=O) groups excluding carboxylic acids is 1. The average molecular weight is 223 g/mol. The second-order valence-corrected chi connectivity index (χ2v) is 3.40. The number of amides is 1. The van der Waals surface area contributed by atoms with Crippen LogP contribution in [-0.2, 0) is 9.59 Å². The molecule has 0 aromatic heterocycles. The van der Waals surface area contributed by atoms with E-state index in [1.54, 1.807) is 6.92 Å². The van der Waals surface area contributed by atoms with Crippen molar-refractivity contribution in [1.29, 1.82) is 0 Å². The van der Waals surface area contributed by atoms with Gasteiger partial charge in [0.2, 0.25) is 5.91 Å². The molecule has 0 spiro atoms. The molecule has 0 aliphatic rings. The van der Waals surface area contributed by atoms with Crippen LogP contribution in [0.25, 0.3) is 0 Å². The highest BCUT2D eigenvalue weighted by atomic mass is 32.1. The van der Waals surface area contributed by atoms with Crippen LogP contribution in [0.5, 0.6) is 0 Å². The smallest absolute Gasteiger partial charge is 0.327 e. The van der Waals surface area contributed by atoms with E-state index in [4.69, 9.17) is 5.11 Å². The molecule has 2 unspecified atom stereocenters. The van der Waals surface area contributed by atoms with Crippen molar-refractivity contribution >= 4 is 37.1 Å². The zero-order valence-electron chi connectivity index (χ0n) is 7.23. The summed E-state index contributed by atoms with van der Waals surface area (Å²) in [5.41, 5.74) is 0. The summed E-state index contributed by atoms with van der Waals surface area (Å²) in [6, 6.07) is -0.918. The Morgan fingerprint density at radius 1 is 1.38 bits per heavy atom. The number of nitrogens with one attached hydrogen (secondary N) is 1. The Morgan fingerprint density at radius 2 is 1.92 bits per heavy atom. The van der Waals surface area contributed by atoms with E-state index in [1.165, 1.54) is 0 Å². The third-order valence-electron chi connectivity index (χ3n) is 1.52. The number of thiol groups is 2. The number of carboxylic acids is 1. The molecule has 0 radical (unpaired) electrons. The van der Waals surface area contributed by atoms with Gasteiger partial charge in [0.15, 0.2) is 0 Å². The van der Waals surface area contributed by atoms with Gasteiger partial charge in [-0.05, 0) is 0 Å². The first-order valence-electron chi connectivity index (χ1n) is 3.77. The van der Waals surface area contributed by atoms with E-state index >= 15 is 0 Å². The first-order valence-corrected chi connectivity index (χ1v) is 5.04. The van der Waals surface area contributed by atoms with E-state index in [2.05, 4.69) is 30.6 Å². The SMILES string of the molecule is CC(CS)C(=O)NC(CS)C(=O)O. The predicted octanol–water partition coefficient (Wildman–Crippen LogP) is 0.0515. The summed E-state index contributed by atoms with van der Waals surface area (Å²) in [6.45, 7) is 1.68. The summed E-state index contributed by atoms with van der Waals surface area (Å²) in [5.74, 6) is -1.19. The molecule has 0 saturated carbocycles. The Labute approximate surface area is 87.9 Å². The van der Waals surface area contributed by atoms with Crippen molar-refractivity contribution in [3.05, 3.63) is 0 Å². The summed E-state index contributed by atoms with van der Waals surface area (Å²) < 4.78 is 0. The Balaban J connectivity index is 4.09. The Morgan fingerprint density at radius 3 is 2.23 bits per heavy atom. The maximum atomic E-state index is 11.2. The van der Waals surface area contributed by atoms with Crippen LogP contribution in [0.2, 0.25) is 0 Å². The first kappa shape index (κ1) is 12.6. The Hall–Kier alpha value is -0.360. The molecule has 0 saturated heterocycles. The van der Waals surface area contributed by atoms with Crippen molar-refractivity contribution in [3.8, 4) is 0 Å². The van der Waals surface area contributed by atoms with Crippen molar-refractivity contribution in [2.24, 2.45) is 5.92 Å². The topological polar surface area (TPSA) is 66.4 Å². The maximum Gasteiger partial charge on any atom is 0.327 e. The molecule has 0 fully saturated rings. The average Bonchev–Trinajstić information content (AvgIpc) is 2.11. The molecule has 1 amide bonds. The first-order chi connectivity index (χ1) is 6.02. The second-order valence-electron chi connectivity index (χ2n) is 2.67. The summed E-state index contributed by atoms with van der Waals surface area (Å²) in [4.78, 5) is 21.7. The molecule has 4 nitrogen and oxygen atoms in total. The van der Waals surface area contributed by atoms with Crippen molar-refractivity contribution in [3.63, 3.8) is 0 Å². The van der Waals surface area contributed by atoms with Crippen molar-refractivity contribution in [1.82, 2.24) is 5.32 Å². The summed E-state index contributed by atoms with van der Waals surface area (Å²) in [7, 11) is 0. The van der Waals surface area contributed by atoms with E-state index in [0.717, 1.165) is 0 Å². The molecular formula is C7H13NO3S2. The van der Waals surface area contributed by atoms with E-state index in [1.807, 2.05) is 0 Å². The molecule has 0 bridgehead atoms. The monoisotopic (exact) mass is 223 g/mol. The lowest BCUT2D eigenvalue weighted by Gasteiger charge is -2.14. The largest absolute Gasteiger partial charge is 0.480 e. The van der Waals surface area contributed by atoms with Gasteiger partial charge in [-0.15, -0.1) is 0 Å². The predicted molar refractivity (Wildman–Crippen MR) is 56.4 cm³/mol. The fourth-order valence-electron chi connectivity index (χ4n) is 0.582. The third kappa shape index (κ3) is 4.42. The van der Waals surface area contributed by atoms with Crippen molar-refractivity contribution in [2.75, 3.05) is 11.5 Å². The second kappa shape index (κ2) is 6.15. The quantitative estimate of drug-likeness (QED) is 0.498. The standard InChI is InChI=1S/C7H13NO3S2/c1-4(2-12)6(9)8-5(3-13)7(10)11/h4-5,12-13H,2-3H2,1H3,(H,8,9)(H,10,11). The molecule has 0 heterocycles. The van der Waals surface area contributed by atoms with Crippen LogP contribution >= 0.6 is 25.3 Å². The van der Waals surface area contributed by atoms with Gasteiger partial charge in [0.25, 0.3) is 0 Å². The minimum absolute atomic E-state index is 0.0837. The van der Waals surface area contributed by atoms with Crippen molar-refractivity contribution in [2.45, 2.75) is 13.0 Å². The van der Waals surface area contributed by atoms with Crippen molar-refractivity contribution < 1.29 is 14.7 Å². The van der Waals surface area contributed by atoms with Gasteiger partial charge < -0.3 is 10.4 Å². The van der Waals surface area contributed by atoms with Crippen LogP contribution in [0.3, 0.4) is 0 Å². The van der Waals surface area contributed by atoms with Crippen LogP contribution in [0.1, 0.15) is 6.92 Å². The number of hydrogen-bond acceptors (Lipinski definition) is 4. The third-order valence-corrected chi connectivity index (χ3v) is 2.43. The summed E-state index contributed by atoms with van der Waals surface area (Å²) in [5, 5.41) is 10.9. The highest BCUT2D eigenvalue weighted by molar-refractivity contribution is 7.80. The van der Waals surface area contributed by atoms with E-state index in [-0.39, 0.29) is 17.6 Å². The van der Waals surface area contributed by atoms with Gasteiger partial charge in [-0.2, -0.15) is 25.3 Å². The highest BCUT2D eigenvalue weighted by Crippen LogP contribution is 1.99. The lowest BCUT2D eigenvalue weighted by molar-refractivity contribution is -0.141. The fraction of sp³-hybridized carbons (Fsp3) is 0.714. The molecular weight excluding hydrogens is 210 g/mol. The molecule has 13 heavy (non-hydrogen) atoms. The molecule has 0 aromatic rings. The molecule has 76 valence electrons. The highest BCUT2D eigenvalue weighted by Gasteiger charge is 2.20.